The van der Waals surface area contributed by atoms with Crippen molar-refractivity contribution in [3.63, 3.8) is 0 Å². The van der Waals surface area contributed by atoms with E-state index >= 15 is 0 Å². The van der Waals surface area contributed by atoms with Crippen molar-refractivity contribution in [1.82, 2.24) is 9.21 Å². The number of nitrogens with zero attached hydrogens (tertiary/aromatic N) is 3. The molecule has 1 saturated heterocycles. The zero-order valence-electron chi connectivity index (χ0n) is 18.3. The lowest BCUT2D eigenvalue weighted by Gasteiger charge is -2.33. The first kappa shape index (κ1) is 23.6. The van der Waals surface area contributed by atoms with E-state index in [4.69, 9.17) is 0 Å². The molecule has 0 unspecified atom stereocenters. The maximum Gasteiger partial charge on any atom is 0.289 e. The van der Waals surface area contributed by atoms with Crippen molar-refractivity contribution in [2.24, 2.45) is 0 Å². The summed E-state index contributed by atoms with van der Waals surface area (Å²) in [5.74, 6) is -0.188. The average Bonchev–Trinajstić information content (AvgIpc) is 2.85. The van der Waals surface area contributed by atoms with Gasteiger partial charge in [-0.25, -0.2) is 8.42 Å². The second-order valence-electron chi connectivity index (χ2n) is 7.92. The highest BCUT2D eigenvalue weighted by Crippen LogP contribution is 2.27. The highest BCUT2D eigenvalue weighted by Gasteiger charge is 2.33. The number of anilines is 1. The highest BCUT2D eigenvalue weighted by atomic mass is 32.2. The molecule has 0 radical (unpaired) electrons. The van der Waals surface area contributed by atoms with Gasteiger partial charge in [-0.3, -0.25) is 19.8 Å². The van der Waals surface area contributed by atoms with Gasteiger partial charge < -0.3 is 5.32 Å². The molecule has 1 aliphatic rings. The molecule has 0 spiro atoms. The van der Waals surface area contributed by atoms with Gasteiger partial charge in [0.1, 0.15) is 0 Å². The molecule has 4 rings (SSSR count). The van der Waals surface area contributed by atoms with Crippen LogP contribution < -0.4 is 5.32 Å². The first-order valence-corrected chi connectivity index (χ1v) is 12.2. The number of carbonyl (C=O) groups excluding carboxylic acids is 1. The summed E-state index contributed by atoms with van der Waals surface area (Å²) in [6, 6.07) is 21.9. The van der Waals surface area contributed by atoms with Crippen LogP contribution in [0.1, 0.15) is 15.9 Å². The number of amides is 1. The molecule has 3 aromatic rings. The van der Waals surface area contributed by atoms with Crippen LogP contribution in [-0.4, -0.2) is 54.6 Å². The number of hydrogen-bond donors (Lipinski definition) is 1. The van der Waals surface area contributed by atoms with Crippen molar-refractivity contribution >= 4 is 27.3 Å². The predicted octanol–water partition coefficient (Wildman–Crippen LogP) is 3.35. The van der Waals surface area contributed by atoms with E-state index in [0.29, 0.717) is 25.2 Å². The molecule has 0 atom stereocenters. The highest BCUT2D eigenvalue weighted by molar-refractivity contribution is 7.89. The normalized spacial score (nSPS) is 15.1. The summed E-state index contributed by atoms with van der Waals surface area (Å²) in [5, 5.41) is 14.1. The number of nitro groups is 1. The summed E-state index contributed by atoms with van der Waals surface area (Å²) in [6.45, 7) is 2.09. The molecular weight excluding hydrogens is 456 g/mol. The molecular formula is C24H24N4O5S. The molecule has 3 aromatic carbocycles. The number of rotatable bonds is 7. The van der Waals surface area contributed by atoms with Crippen molar-refractivity contribution in [2.75, 3.05) is 31.5 Å². The van der Waals surface area contributed by atoms with Gasteiger partial charge in [-0.1, -0.05) is 42.5 Å². The molecule has 0 saturated carbocycles. The fourth-order valence-electron chi connectivity index (χ4n) is 3.84. The third kappa shape index (κ3) is 5.30. The smallest absolute Gasteiger partial charge is 0.289 e. The topological polar surface area (TPSA) is 113 Å². The number of hydrogen-bond acceptors (Lipinski definition) is 6. The molecule has 176 valence electrons. The van der Waals surface area contributed by atoms with E-state index < -0.39 is 20.6 Å². The molecule has 9 nitrogen and oxygen atoms in total. The summed E-state index contributed by atoms with van der Waals surface area (Å²) < 4.78 is 27.2. The Bertz CT molecular complexity index is 1270. The molecule has 34 heavy (non-hydrogen) atoms. The number of para-hydroxylation sites is 2. The molecule has 1 aliphatic heterocycles. The summed E-state index contributed by atoms with van der Waals surface area (Å²) in [7, 11) is -3.95. The van der Waals surface area contributed by atoms with E-state index in [2.05, 4.69) is 10.2 Å². The summed E-state index contributed by atoms with van der Waals surface area (Å²) in [5.41, 5.74) is 1.87. The Morgan fingerprint density at radius 3 is 2.15 bits per heavy atom. The van der Waals surface area contributed by atoms with Crippen LogP contribution in [0.3, 0.4) is 0 Å². The van der Waals surface area contributed by atoms with Crippen LogP contribution in [0, 0.1) is 10.1 Å². The van der Waals surface area contributed by atoms with Crippen LogP contribution in [-0.2, 0) is 16.6 Å². The monoisotopic (exact) mass is 480 g/mol. The van der Waals surface area contributed by atoms with Crippen LogP contribution in [0.2, 0.25) is 0 Å². The van der Waals surface area contributed by atoms with Gasteiger partial charge in [0.15, 0.2) is 4.90 Å². The van der Waals surface area contributed by atoms with E-state index in [1.165, 1.54) is 28.6 Å². The molecule has 0 aliphatic carbocycles. The number of carbonyl (C=O) groups is 1. The van der Waals surface area contributed by atoms with Gasteiger partial charge in [0.25, 0.3) is 11.6 Å². The maximum absolute atomic E-state index is 13.0. The van der Waals surface area contributed by atoms with Crippen LogP contribution in [0.25, 0.3) is 0 Å². The van der Waals surface area contributed by atoms with E-state index in [1.807, 2.05) is 42.5 Å². The molecule has 1 fully saturated rings. The van der Waals surface area contributed by atoms with Gasteiger partial charge in [0.2, 0.25) is 10.0 Å². The largest absolute Gasteiger partial charge is 0.322 e. The summed E-state index contributed by atoms with van der Waals surface area (Å²) in [4.78, 5) is 24.8. The van der Waals surface area contributed by atoms with Crippen LogP contribution in [0.15, 0.2) is 83.8 Å². The van der Waals surface area contributed by atoms with Crippen LogP contribution in [0.4, 0.5) is 11.4 Å². The number of sulfonamides is 1. The number of benzene rings is 3. The number of nitrogens with one attached hydrogen (secondary N) is 1. The lowest BCUT2D eigenvalue weighted by molar-refractivity contribution is -0.387. The van der Waals surface area contributed by atoms with Crippen LogP contribution >= 0.6 is 0 Å². The maximum atomic E-state index is 13.0. The van der Waals surface area contributed by atoms with Gasteiger partial charge in [-0.05, 0) is 35.9 Å². The molecule has 0 bridgehead atoms. The van der Waals surface area contributed by atoms with Crippen molar-refractivity contribution in [2.45, 2.75) is 11.4 Å². The molecule has 1 heterocycles. The Kier molecular flexibility index (Phi) is 7.01. The third-order valence-corrected chi connectivity index (χ3v) is 7.61. The Morgan fingerprint density at radius 1 is 0.882 bits per heavy atom. The zero-order valence-corrected chi connectivity index (χ0v) is 19.1. The molecule has 0 aromatic heterocycles. The molecule has 1 amide bonds. The standard InChI is InChI=1S/C24H24N4O5S/c29-24(25-21-6-2-1-3-7-21)20-12-10-19(11-13-20)18-26-14-16-27(17-15-26)34(32,33)23-9-5-4-8-22(23)28(30)31/h1-13H,14-18H2,(H,25,29). The average molecular weight is 481 g/mol. The summed E-state index contributed by atoms with van der Waals surface area (Å²) in [6.07, 6.45) is 0. The predicted molar refractivity (Wildman–Crippen MR) is 128 cm³/mol. The van der Waals surface area contributed by atoms with Crippen molar-refractivity contribution in [3.05, 3.63) is 100 Å². The SMILES string of the molecule is O=C(Nc1ccccc1)c1ccc(CN2CCN(S(=O)(=O)c3ccccc3[N+](=O)[O-])CC2)cc1. The van der Waals surface area contributed by atoms with Gasteiger partial charge in [-0.2, -0.15) is 4.31 Å². The van der Waals surface area contributed by atoms with E-state index in [0.717, 1.165) is 11.3 Å². The van der Waals surface area contributed by atoms with E-state index in [-0.39, 0.29) is 23.9 Å². The minimum absolute atomic E-state index is 0.188. The minimum atomic E-state index is -3.95. The van der Waals surface area contributed by atoms with E-state index in [9.17, 15) is 23.3 Å². The second-order valence-corrected chi connectivity index (χ2v) is 9.83. The number of piperazine rings is 1. The van der Waals surface area contributed by atoms with Gasteiger partial charge in [-0.15, -0.1) is 0 Å². The Morgan fingerprint density at radius 2 is 1.50 bits per heavy atom. The number of nitro benzene ring substituents is 1. The Labute approximate surface area is 197 Å². The lowest BCUT2D eigenvalue weighted by atomic mass is 10.1. The van der Waals surface area contributed by atoms with Crippen molar-refractivity contribution in [1.29, 1.82) is 0 Å². The Hall–Kier alpha value is -3.60. The van der Waals surface area contributed by atoms with Gasteiger partial charge in [0.05, 0.1) is 4.92 Å². The zero-order chi connectivity index (χ0) is 24.1. The Balaban J connectivity index is 1.34. The lowest BCUT2D eigenvalue weighted by Crippen LogP contribution is -2.48. The van der Waals surface area contributed by atoms with Crippen molar-refractivity contribution in [3.8, 4) is 0 Å². The fourth-order valence-corrected chi connectivity index (χ4v) is 5.42. The van der Waals surface area contributed by atoms with Gasteiger partial charge in [0, 0.05) is 50.0 Å². The second kappa shape index (κ2) is 10.1. The molecule has 10 heteroatoms. The van der Waals surface area contributed by atoms with Crippen molar-refractivity contribution < 1.29 is 18.1 Å². The van der Waals surface area contributed by atoms with Gasteiger partial charge >= 0.3 is 0 Å². The van der Waals surface area contributed by atoms with E-state index in [1.54, 1.807) is 12.1 Å². The summed E-state index contributed by atoms with van der Waals surface area (Å²) >= 11 is 0. The minimum Gasteiger partial charge on any atom is -0.322 e. The molecule has 1 N–H and O–H groups in total. The third-order valence-electron chi connectivity index (χ3n) is 5.66. The first-order valence-electron chi connectivity index (χ1n) is 10.8. The fraction of sp³-hybridized carbons (Fsp3) is 0.208. The quantitative estimate of drug-likeness (QED) is 0.410. The first-order chi connectivity index (χ1) is 16.3. The van der Waals surface area contributed by atoms with Crippen LogP contribution in [0.5, 0.6) is 0 Å².